The number of pyridine rings is 1. The number of anilines is 1. The van der Waals surface area contributed by atoms with Crippen LogP contribution in [0.5, 0.6) is 0 Å². The first kappa shape index (κ1) is 18.5. The number of rotatable bonds is 5. The Morgan fingerprint density at radius 2 is 2.07 bits per heavy atom. The summed E-state index contributed by atoms with van der Waals surface area (Å²) in [4.78, 5) is 20.8. The lowest BCUT2D eigenvalue weighted by molar-refractivity contribution is 0.236. The number of halogens is 1. The lowest BCUT2D eigenvalue weighted by Crippen LogP contribution is -2.35. The number of amides is 2. The smallest absolute Gasteiger partial charge is 0.319 e. The molecule has 0 fully saturated rings. The molecule has 0 radical (unpaired) electrons. The topological polar surface area (TPSA) is 92.9 Å². The van der Waals surface area contributed by atoms with Crippen molar-refractivity contribution in [2.24, 2.45) is 5.92 Å². The van der Waals surface area contributed by atoms with Gasteiger partial charge in [-0.1, -0.05) is 19.0 Å². The van der Waals surface area contributed by atoms with E-state index in [-0.39, 0.29) is 11.8 Å². The summed E-state index contributed by atoms with van der Waals surface area (Å²) >= 11 is 0. The van der Waals surface area contributed by atoms with Gasteiger partial charge in [0.2, 0.25) is 11.7 Å². The highest BCUT2D eigenvalue weighted by atomic mass is 19.1. The fraction of sp³-hybridized carbons (Fsp3) is 0.263. The molecule has 0 aliphatic carbocycles. The van der Waals surface area contributed by atoms with Crippen LogP contribution in [0, 0.1) is 18.7 Å². The summed E-state index contributed by atoms with van der Waals surface area (Å²) in [7, 11) is 0. The maximum Gasteiger partial charge on any atom is 0.319 e. The minimum Gasteiger partial charge on any atom is -0.337 e. The molecule has 1 atom stereocenters. The number of benzene rings is 1. The van der Waals surface area contributed by atoms with E-state index < -0.39 is 17.9 Å². The number of aryl methyl sites for hydroxylation is 1. The minimum absolute atomic E-state index is 0.00723. The van der Waals surface area contributed by atoms with Gasteiger partial charge in [0.15, 0.2) is 0 Å². The van der Waals surface area contributed by atoms with Crippen molar-refractivity contribution in [3.63, 3.8) is 0 Å². The highest BCUT2D eigenvalue weighted by Gasteiger charge is 2.25. The van der Waals surface area contributed by atoms with Gasteiger partial charge in [0, 0.05) is 23.6 Å². The van der Waals surface area contributed by atoms with Gasteiger partial charge in [0.1, 0.15) is 11.9 Å². The van der Waals surface area contributed by atoms with Crippen molar-refractivity contribution in [2.45, 2.75) is 26.8 Å². The zero-order valence-corrected chi connectivity index (χ0v) is 15.2. The van der Waals surface area contributed by atoms with Crippen LogP contribution in [0.25, 0.3) is 11.4 Å². The molecule has 8 heteroatoms. The summed E-state index contributed by atoms with van der Waals surface area (Å²) in [6.45, 7) is 5.60. The van der Waals surface area contributed by atoms with Gasteiger partial charge in [0.05, 0.1) is 0 Å². The summed E-state index contributed by atoms with van der Waals surface area (Å²) in [6.07, 6.45) is 3.28. The van der Waals surface area contributed by atoms with Crippen LogP contribution >= 0.6 is 0 Å². The van der Waals surface area contributed by atoms with Gasteiger partial charge in [0.25, 0.3) is 0 Å². The van der Waals surface area contributed by atoms with Gasteiger partial charge in [-0.2, -0.15) is 4.98 Å². The molecule has 0 saturated heterocycles. The Labute approximate surface area is 156 Å². The first-order valence-electron chi connectivity index (χ1n) is 8.51. The lowest BCUT2D eigenvalue weighted by atomic mass is 10.0. The SMILES string of the molecule is Cc1cc(F)cc(NC(=O)NC(c2nc(-c3cccnc3)no2)C(C)C)c1. The summed E-state index contributed by atoms with van der Waals surface area (Å²) in [5, 5.41) is 9.38. The molecule has 0 spiro atoms. The van der Waals surface area contributed by atoms with Crippen molar-refractivity contribution in [1.82, 2.24) is 20.4 Å². The molecule has 3 rings (SSSR count). The van der Waals surface area contributed by atoms with Crippen molar-refractivity contribution in [1.29, 1.82) is 0 Å². The Bertz CT molecular complexity index is 907. The fourth-order valence-electron chi connectivity index (χ4n) is 2.60. The lowest BCUT2D eigenvalue weighted by Gasteiger charge is -2.19. The molecule has 0 aliphatic rings. The standard InChI is InChI=1S/C19H20FN5O2/c1-11(2)16(18-24-17(25-27-18)13-5-4-6-21-10-13)23-19(26)22-15-8-12(3)7-14(20)9-15/h4-11,16H,1-3H3,(H2,22,23,26). The summed E-state index contributed by atoms with van der Waals surface area (Å²) in [6, 6.07) is 6.93. The van der Waals surface area contributed by atoms with Crippen molar-refractivity contribution in [2.75, 3.05) is 5.32 Å². The number of urea groups is 1. The van der Waals surface area contributed by atoms with E-state index in [0.717, 1.165) is 5.56 Å². The van der Waals surface area contributed by atoms with Crippen LogP contribution in [0.3, 0.4) is 0 Å². The predicted molar refractivity (Wildman–Crippen MR) is 98.4 cm³/mol. The van der Waals surface area contributed by atoms with Crippen LogP contribution in [-0.2, 0) is 0 Å². The molecule has 2 N–H and O–H groups in total. The molecular weight excluding hydrogens is 349 g/mol. The van der Waals surface area contributed by atoms with E-state index in [1.807, 2.05) is 19.9 Å². The van der Waals surface area contributed by atoms with E-state index in [4.69, 9.17) is 4.52 Å². The molecule has 2 heterocycles. The van der Waals surface area contributed by atoms with Gasteiger partial charge in [-0.3, -0.25) is 4.98 Å². The Kier molecular flexibility index (Phi) is 5.44. The van der Waals surface area contributed by atoms with E-state index in [2.05, 4.69) is 25.8 Å². The Morgan fingerprint density at radius 3 is 2.74 bits per heavy atom. The van der Waals surface area contributed by atoms with Crippen molar-refractivity contribution in [3.8, 4) is 11.4 Å². The third-order valence-corrected chi connectivity index (χ3v) is 3.88. The second-order valence-corrected chi connectivity index (χ2v) is 6.54. The van der Waals surface area contributed by atoms with E-state index in [1.165, 1.54) is 12.1 Å². The van der Waals surface area contributed by atoms with Crippen LogP contribution in [0.1, 0.15) is 31.3 Å². The summed E-state index contributed by atoms with van der Waals surface area (Å²) in [5.41, 5.74) is 1.80. The molecule has 2 aromatic heterocycles. The normalized spacial score (nSPS) is 12.0. The van der Waals surface area contributed by atoms with Crippen molar-refractivity contribution < 1.29 is 13.7 Å². The number of nitrogens with zero attached hydrogens (tertiary/aromatic N) is 3. The van der Waals surface area contributed by atoms with E-state index in [9.17, 15) is 9.18 Å². The van der Waals surface area contributed by atoms with Crippen molar-refractivity contribution >= 4 is 11.7 Å². The Morgan fingerprint density at radius 1 is 1.26 bits per heavy atom. The second-order valence-electron chi connectivity index (χ2n) is 6.54. The van der Waals surface area contributed by atoms with E-state index in [0.29, 0.717) is 17.1 Å². The van der Waals surface area contributed by atoms with Gasteiger partial charge < -0.3 is 15.2 Å². The average molecular weight is 369 g/mol. The molecule has 2 amide bonds. The summed E-state index contributed by atoms with van der Waals surface area (Å²) < 4.78 is 18.8. The molecule has 3 aromatic rings. The molecule has 27 heavy (non-hydrogen) atoms. The quantitative estimate of drug-likeness (QED) is 0.706. The van der Waals surface area contributed by atoms with Crippen LogP contribution < -0.4 is 10.6 Å². The monoisotopic (exact) mass is 369 g/mol. The molecule has 0 aliphatic heterocycles. The van der Waals surface area contributed by atoms with Crippen LogP contribution in [0.4, 0.5) is 14.9 Å². The fourth-order valence-corrected chi connectivity index (χ4v) is 2.60. The number of carbonyl (C=O) groups is 1. The predicted octanol–water partition coefficient (Wildman–Crippen LogP) is 4.10. The summed E-state index contributed by atoms with van der Waals surface area (Å²) in [5.74, 6) is 0.261. The van der Waals surface area contributed by atoms with Crippen LogP contribution in [0.2, 0.25) is 0 Å². The molecular formula is C19H20FN5O2. The van der Waals surface area contributed by atoms with Crippen LogP contribution in [-0.4, -0.2) is 21.2 Å². The van der Waals surface area contributed by atoms with E-state index in [1.54, 1.807) is 31.5 Å². The highest BCUT2D eigenvalue weighted by molar-refractivity contribution is 5.89. The second kappa shape index (κ2) is 7.94. The van der Waals surface area contributed by atoms with Crippen molar-refractivity contribution in [3.05, 3.63) is 60.0 Å². The third kappa shape index (κ3) is 4.66. The molecule has 1 unspecified atom stereocenters. The molecule has 0 saturated carbocycles. The Hall–Kier alpha value is -3.29. The van der Waals surface area contributed by atoms with Gasteiger partial charge in [-0.15, -0.1) is 0 Å². The zero-order chi connectivity index (χ0) is 19.4. The minimum atomic E-state index is -0.502. The van der Waals surface area contributed by atoms with Gasteiger partial charge >= 0.3 is 6.03 Å². The largest absolute Gasteiger partial charge is 0.337 e. The first-order chi connectivity index (χ1) is 12.9. The van der Waals surface area contributed by atoms with Gasteiger partial charge in [-0.25, -0.2) is 9.18 Å². The number of hydrogen-bond donors (Lipinski definition) is 2. The molecule has 140 valence electrons. The number of aromatic nitrogens is 3. The molecule has 7 nitrogen and oxygen atoms in total. The first-order valence-corrected chi connectivity index (χ1v) is 8.51. The Balaban J connectivity index is 1.74. The zero-order valence-electron chi connectivity index (χ0n) is 15.2. The number of carbonyl (C=O) groups excluding carboxylic acids is 1. The molecule has 0 bridgehead atoms. The molecule has 1 aromatic carbocycles. The highest BCUT2D eigenvalue weighted by Crippen LogP contribution is 2.23. The van der Waals surface area contributed by atoms with Crippen LogP contribution in [0.15, 0.2) is 47.2 Å². The number of hydrogen-bond acceptors (Lipinski definition) is 5. The van der Waals surface area contributed by atoms with Gasteiger partial charge in [-0.05, 0) is 48.7 Å². The number of nitrogens with one attached hydrogen (secondary N) is 2. The maximum atomic E-state index is 13.5. The average Bonchev–Trinajstić information content (AvgIpc) is 3.09. The maximum absolute atomic E-state index is 13.5. The van der Waals surface area contributed by atoms with E-state index >= 15 is 0 Å². The third-order valence-electron chi connectivity index (χ3n) is 3.88.